The van der Waals surface area contributed by atoms with Crippen molar-refractivity contribution >= 4 is 0 Å². The topological polar surface area (TPSA) is 21.1 Å². The van der Waals surface area contributed by atoms with Crippen LogP contribution in [0.3, 0.4) is 0 Å². The van der Waals surface area contributed by atoms with Gasteiger partial charge in [0, 0.05) is 12.7 Å². The summed E-state index contributed by atoms with van der Waals surface area (Å²) < 4.78 is 2.18. The maximum Gasteiger partial charge on any atom is 0.0524 e. The second-order valence-electron chi connectivity index (χ2n) is 9.59. The summed E-state index contributed by atoms with van der Waals surface area (Å²) in [5.41, 5.74) is 1.37. The molecule has 2 rings (SSSR count). The zero-order valence-electron chi connectivity index (χ0n) is 18.6. The van der Waals surface area contributed by atoms with E-state index in [0.29, 0.717) is 5.92 Å². The molecule has 0 bridgehead atoms. The molecule has 3 nitrogen and oxygen atoms in total. The normalized spacial score (nSPS) is 16.7. The van der Waals surface area contributed by atoms with Gasteiger partial charge >= 0.3 is 0 Å². The number of nitrogens with zero attached hydrogens (tertiary/aromatic N) is 3. The molecule has 1 aromatic rings. The molecular formula is C24H45N3. The fraction of sp³-hybridized carbons (Fsp3) is 0.875. The molecule has 0 aliphatic carbocycles. The molecular weight excluding hydrogens is 330 g/mol. The molecule has 27 heavy (non-hydrogen) atoms. The average molecular weight is 376 g/mol. The first-order valence-electron chi connectivity index (χ1n) is 11.8. The highest BCUT2D eigenvalue weighted by Gasteiger charge is 2.19. The van der Waals surface area contributed by atoms with E-state index in [-0.39, 0.29) is 0 Å². The molecule has 1 aromatic heterocycles. The Morgan fingerprint density at radius 2 is 1.56 bits per heavy atom. The third-order valence-corrected chi connectivity index (χ3v) is 6.23. The smallest absolute Gasteiger partial charge is 0.0524 e. The minimum atomic E-state index is 0.584. The summed E-state index contributed by atoms with van der Waals surface area (Å²) in [5, 5.41) is 4.56. The van der Waals surface area contributed by atoms with Gasteiger partial charge in [0.05, 0.1) is 6.20 Å². The van der Waals surface area contributed by atoms with Gasteiger partial charge in [-0.3, -0.25) is 4.68 Å². The van der Waals surface area contributed by atoms with Gasteiger partial charge in [0.1, 0.15) is 0 Å². The van der Waals surface area contributed by atoms with Crippen molar-refractivity contribution in [1.29, 1.82) is 0 Å². The van der Waals surface area contributed by atoms with E-state index in [9.17, 15) is 0 Å². The quantitative estimate of drug-likeness (QED) is 0.367. The first-order chi connectivity index (χ1) is 13.0. The van der Waals surface area contributed by atoms with E-state index in [1.54, 1.807) is 0 Å². The van der Waals surface area contributed by atoms with E-state index in [4.69, 9.17) is 0 Å². The molecule has 0 saturated carbocycles. The maximum atomic E-state index is 4.56. The predicted molar refractivity (Wildman–Crippen MR) is 117 cm³/mol. The highest BCUT2D eigenvalue weighted by molar-refractivity contribution is 5.08. The fourth-order valence-electron chi connectivity index (χ4n) is 4.21. The van der Waals surface area contributed by atoms with E-state index in [1.807, 2.05) is 6.20 Å². The molecule has 1 aliphatic rings. The van der Waals surface area contributed by atoms with Crippen molar-refractivity contribution in [2.24, 2.45) is 11.8 Å². The number of hydrogen-bond donors (Lipinski definition) is 0. The van der Waals surface area contributed by atoms with Crippen LogP contribution in [0.5, 0.6) is 0 Å². The SMILES string of the molecule is CC(C)CCCCCCCCCN1CCC(Cn2cc(C(C)C)cn2)CC1. The number of hydrogen-bond acceptors (Lipinski definition) is 2. The monoisotopic (exact) mass is 375 g/mol. The van der Waals surface area contributed by atoms with E-state index >= 15 is 0 Å². The minimum absolute atomic E-state index is 0.584. The number of unbranched alkanes of at least 4 members (excludes halogenated alkanes) is 6. The summed E-state index contributed by atoms with van der Waals surface area (Å²) in [7, 11) is 0. The Hall–Kier alpha value is -0.830. The largest absolute Gasteiger partial charge is 0.303 e. The molecule has 2 heterocycles. The van der Waals surface area contributed by atoms with E-state index in [2.05, 4.69) is 48.6 Å². The molecule has 0 unspecified atom stereocenters. The van der Waals surface area contributed by atoms with Crippen LogP contribution in [-0.2, 0) is 6.54 Å². The van der Waals surface area contributed by atoms with Crippen molar-refractivity contribution in [3.05, 3.63) is 18.0 Å². The van der Waals surface area contributed by atoms with Gasteiger partial charge in [-0.25, -0.2) is 0 Å². The lowest BCUT2D eigenvalue weighted by molar-refractivity contribution is 0.168. The van der Waals surface area contributed by atoms with Crippen LogP contribution < -0.4 is 0 Å². The van der Waals surface area contributed by atoms with Crippen LogP contribution in [0.1, 0.15) is 103 Å². The van der Waals surface area contributed by atoms with Gasteiger partial charge in [-0.15, -0.1) is 0 Å². The third-order valence-electron chi connectivity index (χ3n) is 6.23. The van der Waals surface area contributed by atoms with E-state index in [1.165, 1.54) is 89.4 Å². The number of piperidine rings is 1. The minimum Gasteiger partial charge on any atom is -0.303 e. The number of rotatable bonds is 13. The van der Waals surface area contributed by atoms with Crippen LogP contribution >= 0.6 is 0 Å². The standard InChI is InChI=1S/C24H45N3/c1-21(2)12-10-8-6-5-7-9-11-15-26-16-13-23(14-17-26)19-27-20-24(18-25-27)22(3)4/h18,20-23H,5-17,19H2,1-4H3. The summed E-state index contributed by atoms with van der Waals surface area (Å²) >= 11 is 0. The Bertz CT molecular complexity index is 484. The van der Waals surface area contributed by atoms with Gasteiger partial charge in [0.2, 0.25) is 0 Å². The summed E-state index contributed by atoms with van der Waals surface area (Å²) in [6.45, 7) is 14.2. The molecule has 0 radical (unpaired) electrons. The lowest BCUT2D eigenvalue weighted by Crippen LogP contribution is -2.35. The molecule has 0 aromatic carbocycles. The second kappa shape index (κ2) is 12.6. The van der Waals surface area contributed by atoms with Gasteiger partial charge in [-0.05, 0) is 62.2 Å². The predicted octanol–water partition coefficient (Wildman–Crippen LogP) is 6.50. The van der Waals surface area contributed by atoms with Crippen LogP contribution in [0.15, 0.2) is 12.4 Å². The van der Waals surface area contributed by atoms with Crippen molar-refractivity contribution in [2.45, 2.75) is 104 Å². The average Bonchev–Trinajstić information content (AvgIpc) is 3.10. The Morgan fingerprint density at radius 3 is 2.15 bits per heavy atom. The van der Waals surface area contributed by atoms with Gasteiger partial charge in [-0.2, -0.15) is 5.10 Å². The van der Waals surface area contributed by atoms with Crippen LogP contribution in [0.4, 0.5) is 0 Å². The third kappa shape index (κ3) is 9.27. The van der Waals surface area contributed by atoms with Crippen LogP contribution in [0.25, 0.3) is 0 Å². The van der Waals surface area contributed by atoms with Crippen molar-refractivity contribution in [3.63, 3.8) is 0 Å². The van der Waals surface area contributed by atoms with Crippen LogP contribution in [0, 0.1) is 11.8 Å². The van der Waals surface area contributed by atoms with E-state index < -0.39 is 0 Å². The maximum absolute atomic E-state index is 4.56. The number of aromatic nitrogens is 2. The lowest BCUT2D eigenvalue weighted by atomic mass is 9.96. The van der Waals surface area contributed by atoms with Crippen molar-refractivity contribution in [2.75, 3.05) is 19.6 Å². The van der Waals surface area contributed by atoms with Gasteiger partial charge in [-0.1, -0.05) is 72.6 Å². The summed E-state index contributed by atoms with van der Waals surface area (Å²) in [4.78, 5) is 2.70. The first kappa shape index (κ1) is 22.5. The van der Waals surface area contributed by atoms with Crippen molar-refractivity contribution < 1.29 is 0 Å². The molecule has 1 fully saturated rings. The molecule has 3 heteroatoms. The Morgan fingerprint density at radius 1 is 0.926 bits per heavy atom. The van der Waals surface area contributed by atoms with Crippen molar-refractivity contribution in [3.8, 4) is 0 Å². The lowest BCUT2D eigenvalue weighted by Gasteiger charge is -2.31. The molecule has 156 valence electrons. The first-order valence-corrected chi connectivity index (χ1v) is 11.8. The Labute approximate surface area is 168 Å². The fourth-order valence-corrected chi connectivity index (χ4v) is 4.21. The van der Waals surface area contributed by atoms with Gasteiger partial charge in [0.15, 0.2) is 0 Å². The molecule has 0 atom stereocenters. The highest BCUT2D eigenvalue weighted by Crippen LogP contribution is 2.21. The van der Waals surface area contributed by atoms with Crippen LogP contribution in [-0.4, -0.2) is 34.3 Å². The molecule has 0 spiro atoms. The summed E-state index contributed by atoms with van der Waals surface area (Å²) in [6, 6.07) is 0. The highest BCUT2D eigenvalue weighted by atomic mass is 15.3. The summed E-state index contributed by atoms with van der Waals surface area (Å²) in [6.07, 6.45) is 18.4. The Kier molecular flexibility index (Phi) is 10.5. The van der Waals surface area contributed by atoms with Crippen molar-refractivity contribution in [1.82, 2.24) is 14.7 Å². The van der Waals surface area contributed by atoms with Gasteiger partial charge < -0.3 is 4.90 Å². The van der Waals surface area contributed by atoms with E-state index in [0.717, 1.165) is 18.4 Å². The molecule has 0 N–H and O–H groups in total. The number of likely N-dealkylation sites (tertiary alicyclic amines) is 1. The zero-order chi connectivity index (χ0) is 19.5. The zero-order valence-corrected chi connectivity index (χ0v) is 18.6. The van der Waals surface area contributed by atoms with Crippen LogP contribution in [0.2, 0.25) is 0 Å². The molecule has 1 saturated heterocycles. The Balaban J connectivity index is 1.46. The van der Waals surface area contributed by atoms with Gasteiger partial charge in [0.25, 0.3) is 0 Å². The summed E-state index contributed by atoms with van der Waals surface area (Å²) in [5.74, 6) is 2.28. The molecule has 1 aliphatic heterocycles. The second-order valence-corrected chi connectivity index (χ2v) is 9.59. The molecule has 0 amide bonds.